The number of carbonyl (C=O) groups is 2. The molecule has 3 rings (SSSR count). The second-order valence-corrected chi connectivity index (χ2v) is 6.82. The number of halogens is 1. The van der Waals surface area contributed by atoms with Gasteiger partial charge in [-0.3, -0.25) is 4.79 Å². The molecule has 0 aliphatic carbocycles. The molecule has 0 unspecified atom stereocenters. The highest BCUT2D eigenvalue weighted by Crippen LogP contribution is 2.36. The minimum absolute atomic E-state index is 0.234. The summed E-state index contributed by atoms with van der Waals surface area (Å²) in [5.41, 5.74) is 2.05. The molecule has 0 bridgehead atoms. The Hall–Kier alpha value is -2.61. The van der Waals surface area contributed by atoms with E-state index < -0.39 is 18.4 Å². The molecule has 2 aromatic rings. The van der Waals surface area contributed by atoms with E-state index in [1.54, 1.807) is 29.2 Å². The third-order valence-electron chi connectivity index (χ3n) is 4.47. The van der Waals surface area contributed by atoms with E-state index >= 15 is 0 Å². The first-order valence-electron chi connectivity index (χ1n) is 9.50. The molecule has 0 aromatic heterocycles. The van der Waals surface area contributed by atoms with Gasteiger partial charge in [-0.25, -0.2) is 4.79 Å². The molecule has 1 atom stereocenters. The van der Waals surface area contributed by atoms with Crippen LogP contribution < -0.4 is 15.5 Å². The maximum atomic E-state index is 13.1. The van der Waals surface area contributed by atoms with Gasteiger partial charge in [-0.2, -0.15) is 0 Å². The molecular weight excluding hydrogens is 394 g/mol. The van der Waals surface area contributed by atoms with Crippen molar-refractivity contribution in [1.29, 1.82) is 0 Å². The van der Waals surface area contributed by atoms with Gasteiger partial charge in [0.05, 0.1) is 6.54 Å². The summed E-state index contributed by atoms with van der Waals surface area (Å²) >= 11 is 5.86. The Morgan fingerprint density at radius 3 is 2.41 bits per heavy atom. The van der Waals surface area contributed by atoms with E-state index in [1.807, 2.05) is 38.1 Å². The van der Waals surface area contributed by atoms with Gasteiger partial charge in [0.25, 0.3) is 5.91 Å². The molecule has 0 radical (unpaired) electrons. The average molecular weight is 418 g/mol. The molecule has 2 aromatic carbocycles. The lowest BCUT2D eigenvalue weighted by atomic mass is 10.1. The van der Waals surface area contributed by atoms with Gasteiger partial charge in [0.2, 0.25) is 0 Å². The number of fused-ring (bicyclic) bond motifs is 1. The largest absolute Gasteiger partial charge is 0.351 e. The first-order chi connectivity index (χ1) is 14.0. The minimum atomic E-state index is -0.789. The first kappa shape index (κ1) is 21.1. The molecular formula is C21H24ClN3O4. The molecule has 154 valence electrons. The van der Waals surface area contributed by atoms with Crippen LogP contribution in [-0.2, 0) is 14.3 Å². The van der Waals surface area contributed by atoms with E-state index in [2.05, 4.69) is 10.6 Å². The lowest BCUT2D eigenvalue weighted by molar-refractivity contribution is -0.135. The molecule has 0 spiro atoms. The summed E-state index contributed by atoms with van der Waals surface area (Å²) in [5, 5.41) is 6.05. The molecule has 0 saturated heterocycles. The smallest absolute Gasteiger partial charge is 0.320 e. The maximum Gasteiger partial charge on any atom is 0.320 e. The van der Waals surface area contributed by atoms with E-state index in [0.29, 0.717) is 23.9 Å². The van der Waals surface area contributed by atoms with Crippen molar-refractivity contribution in [3.63, 3.8) is 0 Å². The number of carbonyl (C=O) groups excluding carboxylic acids is 2. The lowest BCUT2D eigenvalue weighted by Gasteiger charge is -2.24. The number of nitrogens with one attached hydrogen (secondary N) is 2. The van der Waals surface area contributed by atoms with Gasteiger partial charge in [-0.15, -0.1) is 0 Å². The van der Waals surface area contributed by atoms with E-state index in [9.17, 15) is 9.59 Å². The highest BCUT2D eigenvalue weighted by Gasteiger charge is 2.39. The molecule has 1 aliphatic rings. The number of urea groups is 1. The Morgan fingerprint density at radius 1 is 1.10 bits per heavy atom. The molecule has 7 nitrogen and oxygen atoms in total. The SMILES string of the molecule is CCOC(CN1C(=O)[C@@H](NC(=O)Nc2ccc(Cl)cc2)c2ccccc21)OCC. The van der Waals surface area contributed by atoms with Gasteiger partial charge < -0.3 is 25.0 Å². The molecule has 0 fully saturated rings. The average Bonchev–Trinajstić information content (AvgIpc) is 2.96. The highest BCUT2D eigenvalue weighted by molar-refractivity contribution is 6.30. The summed E-state index contributed by atoms with van der Waals surface area (Å²) in [6, 6.07) is 12.8. The third kappa shape index (κ3) is 5.06. The number of anilines is 2. The number of benzene rings is 2. The third-order valence-corrected chi connectivity index (χ3v) is 4.72. The topological polar surface area (TPSA) is 79.9 Å². The minimum Gasteiger partial charge on any atom is -0.351 e. The van der Waals surface area contributed by atoms with Crippen molar-refractivity contribution in [2.45, 2.75) is 26.2 Å². The van der Waals surface area contributed by atoms with E-state index in [-0.39, 0.29) is 12.5 Å². The van der Waals surface area contributed by atoms with Crippen molar-refractivity contribution in [3.8, 4) is 0 Å². The van der Waals surface area contributed by atoms with Crippen molar-refractivity contribution in [3.05, 3.63) is 59.1 Å². The standard InChI is InChI=1S/C21H24ClN3O4/c1-3-28-18(29-4-2)13-25-17-8-6-5-7-16(17)19(20(25)26)24-21(27)23-15-11-9-14(22)10-12-15/h5-12,18-19H,3-4,13H2,1-2H3,(H2,23,24,27)/t19-/m0/s1. The lowest BCUT2D eigenvalue weighted by Crippen LogP contribution is -2.43. The summed E-state index contributed by atoms with van der Waals surface area (Å²) in [7, 11) is 0. The number of hydrogen-bond acceptors (Lipinski definition) is 4. The molecule has 1 heterocycles. The number of amides is 3. The fourth-order valence-corrected chi connectivity index (χ4v) is 3.34. The van der Waals surface area contributed by atoms with Crippen LogP contribution in [-0.4, -0.2) is 38.0 Å². The van der Waals surface area contributed by atoms with E-state index in [0.717, 1.165) is 11.3 Å². The predicted molar refractivity (Wildman–Crippen MR) is 112 cm³/mol. The Bertz CT molecular complexity index is 853. The second-order valence-electron chi connectivity index (χ2n) is 6.39. The van der Waals surface area contributed by atoms with Gasteiger partial charge in [0.1, 0.15) is 6.04 Å². The zero-order valence-corrected chi connectivity index (χ0v) is 17.1. The van der Waals surface area contributed by atoms with E-state index in [4.69, 9.17) is 21.1 Å². The number of hydrogen-bond donors (Lipinski definition) is 2. The van der Waals surface area contributed by atoms with Crippen molar-refractivity contribution in [2.24, 2.45) is 0 Å². The Balaban J connectivity index is 1.74. The number of para-hydroxylation sites is 1. The van der Waals surface area contributed by atoms with Gasteiger partial charge >= 0.3 is 6.03 Å². The van der Waals surface area contributed by atoms with Crippen LogP contribution in [0, 0.1) is 0 Å². The Morgan fingerprint density at radius 2 is 1.76 bits per heavy atom. The summed E-state index contributed by atoms with van der Waals surface area (Å²) < 4.78 is 11.2. The van der Waals surface area contributed by atoms with Crippen LogP contribution in [0.25, 0.3) is 0 Å². The monoisotopic (exact) mass is 417 g/mol. The fourth-order valence-electron chi connectivity index (χ4n) is 3.22. The molecule has 2 N–H and O–H groups in total. The maximum absolute atomic E-state index is 13.1. The van der Waals surface area contributed by atoms with Crippen LogP contribution in [0.15, 0.2) is 48.5 Å². The fraction of sp³-hybridized carbons (Fsp3) is 0.333. The van der Waals surface area contributed by atoms with Gasteiger partial charge in [0, 0.05) is 35.2 Å². The van der Waals surface area contributed by atoms with Gasteiger partial charge in [-0.05, 0) is 44.2 Å². The first-order valence-corrected chi connectivity index (χ1v) is 9.87. The van der Waals surface area contributed by atoms with Crippen LogP contribution >= 0.6 is 11.6 Å². The normalized spacial score (nSPS) is 15.5. The second kappa shape index (κ2) is 9.73. The van der Waals surface area contributed by atoms with Crippen molar-refractivity contribution in [1.82, 2.24) is 5.32 Å². The summed E-state index contributed by atoms with van der Waals surface area (Å²) in [6.07, 6.45) is -0.538. The van der Waals surface area contributed by atoms with Gasteiger partial charge in [-0.1, -0.05) is 29.8 Å². The number of ether oxygens (including phenoxy) is 2. The predicted octanol–water partition coefficient (Wildman–Crippen LogP) is 3.95. The summed E-state index contributed by atoms with van der Waals surface area (Å²) in [5.74, 6) is -0.234. The highest BCUT2D eigenvalue weighted by atomic mass is 35.5. The van der Waals surface area contributed by atoms with E-state index in [1.165, 1.54) is 0 Å². The zero-order chi connectivity index (χ0) is 20.8. The van der Waals surface area contributed by atoms with Crippen molar-refractivity contribution >= 4 is 34.9 Å². The molecule has 8 heteroatoms. The number of nitrogens with zero attached hydrogens (tertiary/aromatic N) is 1. The van der Waals surface area contributed by atoms with Crippen LogP contribution in [0.3, 0.4) is 0 Å². The Labute approximate surface area is 174 Å². The summed E-state index contributed by atoms with van der Waals surface area (Å²) in [6.45, 7) is 4.93. The zero-order valence-electron chi connectivity index (χ0n) is 16.4. The number of rotatable bonds is 8. The molecule has 1 aliphatic heterocycles. The van der Waals surface area contributed by atoms with Gasteiger partial charge in [0.15, 0.2) is 6.29 Å². The summed E-state index contributed by atoms with van der Waals surface area (Å²) in [4.78, 5) is 27.2. The van der Waals surface area contributed by atoms with Crippen molar-refractivity contribution < 1.29 is 19.1 Å². The van der Waals surface area contributed by atoms with Crippen LogP contribution in [0.5, 0.6) is 0 Å². The Kier molecular flexibility index (Phi) is 7.09. The molecule has 0 saturated carbocycles. The van der Waals surface area contributed by atoms with Crippen LogP contribution in [0.2, 0.25) is 5.02 Å². The van der Waals surface area contributed by atoms with Crippen LogP contribution in [0.4, 0.5) is 16.2 Å². The van der Waals surface area contributed by atoms with Crippen LogP contribution in [0.1, 0.15) is 25.5 Å². The quantitative estimate of drug-likeness (QED) is 0.637. The van der Waals surface area contributed by atoms with Crippen molar-refractivity contribution in [2.75, 3.05) is 30.0 Å². The molecule has 3 amide bonds. The molecule has 29 heavy (non-hydrogen) atoms.